The largest absolute Gasteiger partial charge is 0.394 e. The van der Waals surface area contributed by atoms with E-state index in [-0.39, 0.29) is 5.57 Å². The monoisotopic (exact) mass is 645 g/mol. The second-order valence-corrected chi connectivity index (χ2v) is 11.5. The average molecular weight is 646 g/mol. The zero-order valence-electron chi connectivity index (χ0n) is 23.6. The lowest BCUT2D eigenvalue weighted by Gasteiger charge is -2.49. The summed E-state index contributed by atoms with van der Waals surface area (Å²) in [7, 11) is 0. The maximum absolute atomic E-state index is 10.9. The second-order valence-electron chi connectivity index (χ2n) is 11.5. The van der Waals surface area contributed by atoms with Gasteiger partial charge in [-0.2, -0.15) is 0 Å². The number of rotatable bonds is 9. The molecule has 3 saturated heterocycles. The van der Waals surface area contributed by atoms with E-state index in [4.69, 9.17) is 23.7 Å². The van der Waals surface area contributed by atoms with Gasteiger partial charge in [-0.1, -0.05) is 6.08 Å². The molecule has 0 aromatic carbocycles. The molecule has 19 heteroatoms. The van der Waals surface area contributed by atoms with E-state index >= 15 is 0 Å². The molecular weight excluding hydrogens is 602 g/mol. The highest BCUT2D eigenvalue weighted by Crippen LogP contribution is 2.33. The molecule has 18 atom stereocenters. The number of aliphatic hydroxyl groups is 13. The maximum Gasteiger partial charge on any atom is 0.218 e. The number of aliphatic hydroxyl groups excluding tert-OH is 12. The third-order valence-electron chi connectivity index (χ3n) is 8.52. The molecule has 0 aromatic rings. The Bertz CT molecular complexity index is 975. The lowest BCUT2D eigenvalue weighted by molar-refractivity contribution is -0.384. The Morgan fingerprint density at radius 1 is 0.818 bits per heavy atom. The van der Waals surface area contributed by atoms with Crippen LogP contribution in [0, 0.1) is 0 Å². The van der Waals surface area contributed by atoms with Crippen LogP contribution in [-0.2, 0) is 23.7 Å². The van der Waals surface area contributed by atoms with Gasteiger partial charge in [0.2, 0.25) is 5.79 Å². The van der Waals surface area contributed by atoms with Gasteiger partial charge in [0.25, 0.3) is 0 Å². The normalized spacial score (nSPS) is 52.0. The molecule has 1 aliphatic carbocycles. The molecule has 44 heavy (non-hydrogen) atoms. The van der Waals surface area contributed by atoms with Gasteiger partial charge < -0.3 is 95.4 Å². The molecule has 3 heterocycles. The molecule has 14 N–H and O–H groups in total. The molecule has 0 aromatic heterocycles. The molecule has 3 fully saturated rings. The van der Waals surface area contributed by atoms with E-state index in [1.807, 2.05) is 0 Å². The minimum absolute atomic E-state index is 0.0213. The topological polar surface area (TPSA) is 321 Å². The van der Waals surface area contributed by atoms with E-state index < -0.39 is 136 Å². The minimum atomic E-state index is -2.50. The van der Waals surface area contributed by atoms with Gasteiger partial charge in [-0.15, -0.1) is 0 Å². The molecule has 19 nitrogen and oxygen atoms in total. The fraction of sp³-hybridized carbons (Fsp3) is 0.920. The van der Waals surface area contributed by atoms with Gasteiger partial charge >= 0.3 is 0 Å². The van der Waals surface area contributed by atoms with Crippen molar-refractivity contribution in [2.75, 3.05) is 26.4 Å². The Labute approximate surface area is 250 Å². The van der Waals surface area contributed by atoms with Crippen LogP contribution in [-0.4, -0.2) is 203 Å². The SMILES string of the molecule is C[C@H]1O[C@H](O[C@H]2[C@H](O)[C@@H](O)[C@@H](O[C@H]3[C@H](O)COC(O)(CO)[C@H]3O)O[C@@H]2CO)[C@H](O)[C@@H](O)[C@@H]1N[C@H]1C=C(CO)[C@@H](O)[C@H](O)[C@H]1O. The molecule has 256 valence electrons. The number of nitrogens with one attached hydrogen (secondary N) is 1. The van der Waals surface area contributed by atoms with Crippen molar-refractivity contribution in [2.45, 2.75) is 117 Å². The Morgan fingerprint density at radius 2 is 1.43 bits per heavy atom. The predicted molar refractivity (Wildman–Crippen MR) is 138 cm³/mol. The van der Waals surface area contributed by atoms with Crippen molar-refractivity contribution in [3.05, 3.63) is 11.6 Å². The van der Waals surface area contributed by atoms with Gasteiger partial charge in [0.1, 0.15) is 73.2 Å². The highest BCUT2D eigenvalue weighted by atomic mass is 16.7. The van der Waals surface area contributed by atoms with Crippen molar-refractivity contribution in [1.29, 1.82) is 0 Å². The summed E-state index contributed by atoms with van der Waals surface area (Å²) in [6, 6.07) is -2.17. The van der Waals surface area contributed by atoms with Crippen LogP contribution in [0.15, 0.2) is 11.6 Å². The van der Waals surface area contributed by atoms with Gasteiger partial charge in [0, 0.05) is 0 Å². The van der Waals surface area contributed by atoms with Crippen molar-refractivity contribution in [3.8, 4) is 0 Å². The summed E-state index contributed by atoms with van der Waals surface area (Å²) in [5.74, 6) is -2.50. The van der Waals surface area contributed by atoms with E-state index in [0.29, 0.717) is 0 Å². The minimum Gasteiger partial charge on any atom is -0.394 e. The summed E-state index contributed by atoms with van der Waals surface area (Å²) in [6.45, 7) is -1.63. The Morgan fingerprint density at radius 3 is 2.05 bits per heavy atom. The van der Waals surface area contributed by atoms with E-state index in [0.717, 1.165) is 0 Å². The maximum atomic E-state index is 10.9. The van der Waals surface area contributed by atoms with Gasteiger partial charge in [-0.25, -0.2) is 0 Å². The molecular formula is C25H43NO18. The van der Waals surface area contributed by atoms with Crippen molar-refractivity contribution < 1.29 is 90.1 Å². The van der Waals surface area contributed by atoms with Gasteiger partial charge in [-0.3, -0.25) is 0 Å². The molecule has 3 aliphatic heterocycles. The van der Waals surface area contributed by atoms with Crippen LogP contribution in [0.3, 0.4) is 0 Å². The second kappa shape index (κ2) is 14.4. The van der Waals surface area contributed by atoms with Crippen molar-refractivity contribution >= 4 is 0 Å². The number of ether oxygens (including phenoxy) is 5. The Kier molecular flexibility index (Phi) is 11.7. The lowest BCUT2D eigenvalue weighted by Crippen LogP contribution is -2.69. The average Bonchev–Trinajstić information content (AvgIpc) is 3.01. The first kappa shape index (κ1) is 35.8. The third kappa shape index (κ3) is 6.82. The standard InChI is InChI=1S/C25H43NO18/c1-7-12(26-9-2-8(3-27)13(31)16(34)14(9)32)15(33)18(36)23(41-7)44-21-11(4-28)42-24(19(37)17(21)35)43-20-10(30)5-40-25(39,6-29)22(20)38/h2,7,9-24,26-39H,3-6H2,1H3/t7-,9+,10-,11-,12-,13-,14+,15+,16+,17-,18-,19-,20+,21-,22+,23-,24-,25?/m1/s1. The first-order valence-corrected chi connectivity index (χ1v) is 14.1. The van der Waals surface area contributed by atoms with E-state index in [1.165, 1.54) is 13.0 Å². The van der Waals surface area contributed by atoms with Crippen LogP contribution >= 0.6 is 0 Å². The molecule has 1 unspecified atom stereocenters. The molecule has 0 amide bonds. The molecule has 0 spiro atoms. The predicted octanol–water partition coefficient (Wildman–Crippen LogP) is -8.56. The molecule has 4 rings (SSSR count). The summed E-state index contributed by atoms with van der Waals surface area (Å²) >= 11 is 0. The fourth-order valence-electron chi connectivity index (χ4n) is 5.76. The lowest BCUT2D eigenvalue weighted by atomic mass is 9.86. The summed E-state index contributed by atoms with van der Waals surface area (Å²) in [5, 5.41) is 136. The zero-order valence-corrected chi connectivity index (χ0v) is 23.6. The van der Waals surface area contributed by atoms with Crippen LogP contribution in [0.4, 0.5) is 0 Å². The number of hydrogen-bond donors (Lipinski definition) is 14. The highest BCUT2D eigenvalue weighted by Gasteiger charge is 2.55. The quantitative estimate of drug-likeness (QED) is 0.103. The smallest absolute Gasteiger partial charge is 0.218 e. The van der Waals surface area contributed by atoms with Crippen LogP contribution in [0.5, 0.6) is 0 Å². The summed E-state index contributed by atoms with van der Waals surface area (Å²) < 4.78 is 27.2. The van der Waals surface area contributed by atoms with Crippen LogP contribution < -0.4 is 5.32 Å². The van der Waals surface area contributed by atoms with Crippen molar-refractivity contribution in [2.24, 2.45) is 0 Å². The zero-order chi connectivity index (χ0) is 32.7. The van der Waals surface area contributed by atoms with E-state index in [2.05, 4.69) is 5.32 Å². The van der Waals surface area contributed by atoms with Crippen LogP contribution in [0.1, 0.15) is 6.92 Å². The molecule has 0 radical (unpaired) electrons. The van der Waals surface area contributed by atoms with Gasteiger partial charge in [-0.05, 0) is 12.5 Å². The van der Waals surface area contributed by atoms with Crippen molar-refractivity contribution in [3.63, 3.8) is 0 Å². The fourth-order valence-corrected chi connectivity index (χ4v) is 5.76. The first-order chi connectivity index (χ1) is 20.7. The molecule has 0 saturated carbocycles. The van der Waals surface area contributed by atoms with Gasteiger partial charge in [0.15, 0.2) is 12.6 Å². The Hall–Kier alpha value is -1.02. The number of hydrogen-bond acceptors (Lipinski definition) is 19. The third-order valence-corrected chi connectivity index (χ3v) is 8.52. The summed E-state index contributed by atoms with van der Waals surface area (Å²) in [6.07, 6.45) is -23.5. The molecule has 0 bridgehead atoms. The molecule has 4 aliphatic rings. The summed E-state index contributed by atoms with van der Waals surface area (Å²) in [4.78, 5) is 0. The van der Waals surface area contributed by atoms with Crippen molar-refractivity contribution in [1.82, 2.24) is 5.32 Å². The van der Waals surface area contributed by atoms with Crippen LogP contribution in [0.25, 0.3) is 0 Å². The van der Waals surface area contributed by atoms with Crippen LogP contribution in [0.2, 0.25) is 0 Å². The first-order valence-electron chi connectivity index (χ1n) is 14.1. The van der Waals surface area contributed by atoms with Gasteiger partial charge in [0.05, 0.1) is 44.6 Å². The van der Waals surface area contributed by atoms with E-state index in [9.17, 15) is 66.4 Å². The summed E-state index contributed by atoms with van der Waals surface area (Å²) in [5.41, 5.74) is 0.0213. The highest BCUT2D eigenvalue weighted by molar-refractivity contribution is 5.22. The Balaban J connectivity index is 1.42. The van der Waals surface area contributed by atoms with E-state index in [1.54, 1.807) is 0 Å².